The first-order chi connectivity index (χ1) is 5.08. The maximum absolute atomic E-state index is 11.1. The molecule has 0 radical (unpaired) electrons. The first-order valence-corrected chi connectivity index (χ1v) is 5.56. The van der Waals surface area contributed by atoms with Gasteiger partial charge in [-0.3, -0.25) is 4.18 Å². The topological polar surface area (TPSA) is 26.3 Å². The predicted molar refractivity (Wildman–Crippen MR) is 47.0 cm³/mol. The lowest BCUT2D eigenvalue weighted by molar-refractivity contribution is 0.511. The van der Waals surface area contributed by atoms with E-state index >= 15 is 0 Å². The highest BCUT2D eigenvalue weighted by Gasteiger charge is 2.13. The summed E-state index contributed by atoms with van der Waals surface area (Å²) in [7, 11) is -2.13. The van der Waals surface area contributed by atoms with Crippen LogP contribution in [0.5, 0.6) is 5.75 Å². The van der Waals surface area contributed by atoms with Gasteiger partial charge < -0.3 is 0 Å². The van der Waals surface area contributed by atoms with Crippen LogP contribution in [0.25, 0.3) is 0 Å². The standard InChI is InChI=1S/C8H11O2S/c1-11(2,9)10-8-6-4-3-5-7-8/h3-7H,1-2H3/q+1. The molecule has 0 atom stereocenters. The summed E-state index contributed by atoms with van der Waals surface area (Å²) in [6.07, 6.45) is 3.14. The van der Waals surface area contributed by atoms with Crippen molar-refractivity contribution in [3.05, 3.63) is 30.3 Å². The zero-order valence-electron chi connectivity index (χ0n) is 6.61. The molecule has 11 heavy (non-hydrogen) atoms. The predicted octanol–water partition coefficient (Wildman–Crippen LogP) is 1.74. The lowest BCUT2D eigenvalue weighted by Crippen LogP contribution is -2.12. The molecule has 1 rings (SSSR count). The van der Waals surface area contributed by atoms with E-state index in [4.69, 9.17) is 4.18 Å². The number of hydrogen-bond acceptors (Lipinski definition) is 2. The largest absolute Gasteiger partial charge is 0.287 e. The molecule has 0 unspecified atom stereocenters. The van der Waals surface area contributed by atoms with Crippen molar-refractivity contribution in [2.45, 2.75) is 0 Å². The minimum absolute atomic E-state index is 0.655. The van der Waals surface area contributed by atoms with Gasteiger partial charge in [-0.1, -0.05) is 22.4 Å². The zero-order chi connectivity index (χ0) is 8.32. The van der Waals surface area contributed by atoms with Crippen molar-refractivity contribution in [2.24, 2.45) is 0 Å². The summed E-state index contributed by atoms with van der Waals surface area (Å²) in [5, 5.41) is 0. The van der Waals surface area contributed by atoms with Gasteiger partial charge >= 0.3 is 0 Å². The van der Waals surface area contributed by atoms with Crippen molar-refractivity contribution in [3.8, 4) is 5.75 Å². The number of rotatable bonds is 2. The smallest absolute Gasteiger partial charge is 0.253 e. The Morgan fingerprint density at radius 1 is 1.18 bits per heavy atom. The summed E-state index contributed by atoms with van der Waals surface area (Å²) in [5.74, 6) is 0.655. The van der Waals surface area contributed by atoms with E-state index in [1.54, 1.807) is 24.6 Å². The molecule has 0 aliphatic heterocycles. The fraction of sp³-hybridized carbons (Fsp3) is 0.250. The van der Waals surface area contributed by atoms with E-state index in [9.17, 15) is 4.21 Å². The third kappa shape index (κ3) is 3.18. The third-order valence-corrected chi connectivity index (χ3v) is 1.63. The van der Waals surface area contributed by atoms with Crippen molar-refractivity contribution >= 4 is 10.2 Å². The monoisotopic (exact) mass is 171 g/mol. The Bertz CT molecular complexity index is 263. The maximum Gasteiger partial charge on any atom is 0.253 e. The minimum atomic E-state index is -2.13. The Hall–Kier alpha value is -0.830. The van der Waals surface area contributed by atoms with Crippen LogP contribution < -0.4 is 4.18 Å². The molecule has 0 bridgehead atoms. The number of hydrogen-bond donors (Lipinski definition) is 0. The van der Waals surface area contributed by atoms with Gasteiger partial charge in [0.1, 0.15) is 12.5 Å². The quantitative estimate of drug-likeness (QED) is 0.633. The molecule has 0 aromatic heterocycles. The highest BCUT2D eigenvalue weighted by molar-refractivity contribution is 7.97. The van der Waals surface area contributed by atoms with Gasteiger partial charge in [-0.15, -0.1) is 0 Å². The molecule has 0 aliphatic carbocycles. The van der Waals surface area contributed by atoms with Gasteiger partial charge in [0.2, 0.25) is 0 Å². The van der Waals surface area contributed by atoms with E-state index in [2.05, 4.69) is 0 Å². The molecule has 0 spiro atoms. The molecule has 60 valence electrons. The summed E-state index contributed by atoms with van der Waals surface area (Å²) in [6.45, 7) is 0. The number of benzene rings is 1. The summed E-state index contributed by atoms with van der Waals surface area (Å²) in [4.78, 5) is 0. The van der Waals surface area contributed by atoms with Crippen LogP contribution in [-0.4, -0.2) is 12.5 Å². The lowest BCUT2D eigenvalue weighted by atomic mass is 10.3. The Kier molecular flexibility index (Phi) is 2.29. The van der Waals surface area contributed by atoms with Gasteiger partial charge in [-0.25, -0.2) is 0 Å². The third-order valence-electron chi connectivity index (χ3n) is 1.04. The van der Waals surface area contributed by atoms with Gasteiger partial charge in [0.15, 0.2) is 5.75 Å². The summed E-state index contributed by atoms with van der Waals surface area (Å²) >= 11 is 0. The fourth-order valence-electron chi connectivity index (χ4n) is 0.708. The van der Waals surface area contributed by atoms with Gasteiger partial charge in [0, 0.05) is 0 Å². The van der Waals surface area contributed by atoms with Gasteiger partial charge in [0.05, 0.1) is 0 Å². The van der Waals surface area contributed by atoms with Crippen molar-refractivity contribution in [1.29, 1.82) is 0 Å². The Balaban J connectivity index is 2.74. The molecule has 0 amide bonds. The first-order valence-electron chi connectivity index (χ1n) is 3.26. The van der Waals surface area contributed by atoms with E-state index < -0.39 is 10.2 Å². The molecule has 0 fully saturated rings. The maximum atomic E-state index is 11.1. The Labute approximate surface area is 67.8 Å². The fourth-order valence-corrected chi connectivity index (χ4v) is 1.28. The van der Waals surface area contributed by atoms with E-state index in [1.165, 1.54) is 0 Å². The average Bonchev–Trinajstić information content (AvgIpc) is 1.85. The molecule has 0 saturated heterocycles. The molecule has 0 saturated carbocycles. The molecule has 1 aromatic rings. The van der Waals surface area contributed by atoms with Crippen LogP contribution in [0.1, 0.15) is 0 Å². The second-order valence-electron chi connectivity index (χ2n) is 2.54. The highest BCUT2D eigenvalue weighted by atomic mass is 32.3. The molecule has 2 nitrogen and oxygen atoms in total. The minimum Gasteiger partial charge on any atom is -0.287 e. The van der Waals surface area contributed by atoms with Crippen molar-refractivity contribution in [3.63, 3.8) is 0 Å². The van der Waals surface area contributed by atoms with Gasteiger partial charge in [-0.2, -0.15) is 0 Å². The van der Waals surface area contributed by atoms with Crippen LogP contribution in [0.2, 0.25) is 0 Å². The van der Waals surface area contributed by atoms with Crippen LogP contribution in [0.4, 0.5) is 0 Å². The lowest BCUT2D eigenvalue weighted by Gasteiger charge is -2.00. The van der Waals surface area contributed by atoms with Crippen LogP contribution in [-0.2, 0) is 14.4 Å². The van der Waals surface area contributed by atoms with Crippen LogP contribution in [0, 0.1) is 0 Å². The van der Waals surface area contributed by atoms with Crippen molar-refractivity contribution < 1.29 is 8.39 Å². The molecule has 0 aliphatic rings. The van der Waals surface area contributed by atoms with E-state index in [0.717, 1.165) is 0 Å². The van der Waals surface area contributed by atoms with Crippen molar-refractivity contribution in [1.82, 2.24) is 0 Å². The van der Waals surface area contributed by atoms with Crippen LogP contribution in [0.3, 0.4) is 0 Å². The van der Waals surface area contributed by atoms with E-state index in [0.29, 0.717) is 5.75 Å². The van der Waals surface area contributed by atoms with Gasteiger partial charge in [-0.05, 0) is 12.1 Å². The summed E-state index contributed by atoms with van der Waals surface area (Å²) < 4.78 is 16.3. The van der Waals surface area contributed by atoms with Gasteiger partial charge in [0.25, 0.3) is 10.2 Å². The molecular weight excluding hydrogens is 160 g/mol. The molecule has 3 heteroatoms. The normalized spacial score (nSPS) is 11.1. The molecular formula is C8H11O2S+. The summed E-state index contributed by atoms with van der Waals surface area (Å²) in [5.41, 5.74) is 0. The molecule has 0 heterocycles. The van der Waals surface area contributed by atoms with Crippen molar-refractivity contribution in [2.75, 3.05) is 12.5 Å². The average molecular weight is 171 g/mol. The SMILES string of the molecule is C[S+](C)(=O)Oc1ccccc1. The van der Waals surface area contributed by atoms with E-state index in [-0.39, 0.29) is 0 Å². The summed E-state index contributed by atoms with van der Waals surface area (Å²) in [6, 6.07) is 9.15. The zero-order valence-corrected chi connectivity index (χ0v) is 7.43. The second kappa shape index (κ2) is 3.05. The van der Waals surface area contributed by atoms with Crippen LogP contribution in [0.15, 0.2) is 30.3 Å². The number of para-hydroxylation sites is 1. The molecule has 0 N–H and O–H groups in total. The van der Waals surface area contributed by atoms with Crippen LogP contribution >= 0.6 is 0 Å². The second-order valence-corrected chi connectivity index (χ2v) is 4.99. The molecule has 1 aromatic carbocycles. The highest BCUT2D eigenvalue weighted by Crippen LogP contribution is 2.12. The Morgan fingerprint density at radius 3 is 2.18 bits per heavy atom. The Morgan fingerprint density at radius 2 is 1.73 bits per heavy atom. The first kappa shape index (κ1) is 8.27. The van der Waals surface area contributed by atoms with E-state index in [1.807, 2.05) is 18.2 Å².